The van der Waals surface area contributed by atoms with E-state index in [9.17, 15) is 0 Å². The maximum atomic E-state index is 5.35. The van der Waals surface area contributed by atoms with Crippen LogP contribution in [0, 0.1) is 0 Å². The number of hydrogen-bond donors (Lipinski definition) is 1. The number of aromatic nitrogens is 2. The van der Waals surface area contributed by atoms with Gasteiger partial charge in [-0.15, -0.1) is 0 Å². The van der Waals surface area contributed by atoms with Gasteiger partial charge in [0.05, 0.1) is 6.20 Å². The number of aromatic amines is 1. The molecule has 0 spiro atoms. The predicted octanol–water partition coefficient (Wildman–Crippen LogP) is 2.16. The summed E-state index contributed by atoms with van der Waals surface area (Å²) in [4.78, 5) is 0. The maximum absolute atomic E-state index is 5.35. The van der Waals surface area contributed by atoms with Crippen LogP contribution in [0.5, 0.6) is 5.88 Å². The van der Waals surface area contributed by atoms with E-state index >= 15 is 0 Å². The Morgan fingerprint density at radius 2 is 2.00 bits per heavy atom. The molecule has 0 bridgehead atoms. The van der Waals surface area contributed by atoms with Crippen LogP contribution in [0.4, 0.5) is 0 Å². The van der Waals surface area contributed by atoms with Gasteiger partial charge in [0, 0.05) is 11.6 Å². The first kappa shape index (κ1) is 8.90. The van der Waals surface area contributed by atoms with Crippen LogP contribution in [-0.2, 0) is 0 Å². The molecule has 2 rings (SSSR count). The van der Waals surface area contributed by atoms with Crippen LogP contribution in [0.3, 0.4) is 0 Å². The highest BCUT2D eigenvalue weighted by Crippen LogP contribution is 2.08. The van der Waals surface area contributed by atoms with Gasteiger partial charge in [0.1, 0.15) is 0 Å². The van der Waals surface area contributed by atoms with E-state index in [1.165, 1.54) is 0 Å². The van der Waals surface area contributed by atoms with Crippen molar-refractivity contribution in [1.82, 2.24) is 10.2 Å². The lowest BCUT2D eigenvalue weighted by Crippen LogP contribution is -2.06. The van der Waals surface area contributed by atoms with E-state index in [1.54, 1.807) is 12.3 Å². The molecule has 1 aromatic carbocycles. The van der Waals surface area contributed by atoms with E-state index in [-0.39, 0.29) is 0 Å². The van der Waals surface area contributed by atoms with Gasteiger partial charge in [0.15, 0.2) is 5.05 Å². The molecule has 1 N–H and O–H groups in total. The van der Waals surface area contributed by atoms with Crippen molar-refractivity contribution >= 4 is 17.3 Å². The fraction of sp³-hybridized carbons (Fsp3) is 0. The standard InChI is InChI=1S/C10H8N2OS/c14-10(8-4-2-1-3-5-8)13-9-6-7-11-12-9/h1-7H,(H,11,12). The monoisotopic (exact) mass is 204 g/mol. The van der Waals surface area contributed by atoms with E-state index in [0.29, 0.717) is 10.9 Å². The number of benzene rings is 1. The quantitative estimate of drug-likeness (QED) is 0.762. The van der Waals surface area contributed by atoms with E-state index in [2.05, 4.69) is 10.2 Å². The average Bonchev–Trinajstić information content (AvgIpc) is 2.72. The molecule has 1 heterocycles. The zero-order chi connectivity index (χ0) is 9.80. The summed E-state index contributed by atoms with van der Waals surface area (Å²) in [7, 11) is 0. The number of H-pyrrole nitrogens is 1. The fourth-order valence-corrected chi connectivity index (χ4v) is 1.26. The van der Waals surface area contributed by atoms with Crippen LogP contribution in [-0.4, -0.2) is 15.2 Å². The van der Waals surface area contributed by atoms with Gasteiger partial charge >= 0.3 is 0 Å². The summed E-state index contributed by atoms with van der Waals surface area (Å²) >= 11 is 5.10. The second-order valence-electron chi connectivity index (χ2n) is 2.68. The molecule has 0 saturated heterocycles. The highest BCUT2D eigenvalue weighted by atomic mass is 32.1. The number of rotatable bonds is 2. The molecule has 0 aliphatic heterocycles. The average molecular weight is 204 g/mol. The molecule has 0 radical (unpaired) electrons. The molecule has 0 unspecified atom stereocenters. The third-order valence-electron chi connectivity index (χ3n) is 1.69. The number of thiocarbonyl (C=S) groups is 1. The van der Waals surface area contributed by atoms with Gasteiger partial charge in [-0.1, -0.05) is 30.3 Å². The van der Waals surface area contributed by atoms with Crippen molar-refractivity contribution in [2.75, 3.05) is 0 Å². The van der Waals surface area contributed by atoms with Crippen LogP contribution >= 0.6 is 12.2 Å². The Bertz CT molecular complexity index is 411. The molecular weight excluding hydrogens is 196 g/mol. The SMILES string of the molecule is S=C(Oc1ccn[nH]1)c1ccccc1. The van der Waals surface area contributed by atoms with Crippen molar-refractivity contribution in [3.63, 3.8) is 0 Å². The Morgan fingerprint density at radius 1 is 1.21 bits per heavy atom. The first-order valence-corrected chi connectivity index (χ1v) is 4.54. The Balaban J connectivity index is 2.11. The van der Waals surface area contributed by atoms with Crippen LogP contribution in [0.1, 0.15) is 5.56 Å². The topological polar surface area (TPSA) is 37.9 Å². The molecule has 0 aliphatic carbocycles. The van der Waals surface area contributed by atoms with Crippen molar-refractivity contribution in [2.45, 2.75) is 0 Å². The van der Waals surface area contributed by atoms with Gasteiger partial charge in [-0.3, -0.25) is 0 Å². The molecule has 4 heteroatoms. The Kier molecular flexibility index (Phi) is 2.55. The number of nitrogens with zero attached hydrogens (tertiary/aromatic N) is 1. The van der Waals surface area contributed by atoms with Gasteiger partial charge in [-0.05, 0) is 12.2 Å². The highest BCUT2D eigenvalue weighted by molar-refractivity contribution is 7.80. The molecule has 0 saturated carbocycles. The van der Waals surface area contributed by atoms with Crippen LogP contribution < -0.4 is 4.74 Å². The summed E-state index contributed by atoms with van der Waals surface area (Å²) in [6, 6.07) is 11.3. The summed E-state index contributed by atoms with van der Waals surface area (Å²) in [6.07, 6.45) is 1.61. The summed E-state index contributed by atoms with van der Waals surface area (Å²) in [5, 5.41) is 6.88. The molecule has 14 heavy (non-hydrogen) atoms. The highest BCUT2D eigenvalue weighted by Gasteiger charge is 2.03. The van der Waals surface area contributed by atoms with E-state index in [4.69, 9.17) is 17.0 Å². The molecule has 2 aromatic rings. The third kappa shape index (κ3) is 1.97. The molecule has 1 aromatic heterocycles. The molecule has 0 atom stereocenters. The van der Waals surface area contributed by atoms with Crippen LogP contribution in [0.15, 0.2) is 42.6 Å². The Labute approximate surface area is 86.7 Å². The summed E-state index contributed by atoms with van der Waals surface area (Å²) in [5.41, 5.74) is 0.886. The van der Waals surface area contributed by atoms with Crippen molar-refractivity contribution in [3.05, 3.63) is 48.2 Å². The van der Waals surface area contributed by atoms with E-state index < -0.39 is 0 Å². The lowest BCUT2D eigenvalue weighted by atomic mass is 10.2. The molecule has 0 fully saturated rings. The minimum Gasteiger partial charge on any atom is -0.427 e. The van der Waals surface area contributed by atoms with Crippen molar-refractivity contribution in [1.29, 1.82) is 0 Å². The number of nitrogens with one attached hydrogen (secondary N) is 1. The normalized spacial score (nSPS) is 9.71. The fourth-order valence-electron chi connectivity index (χ4n) is 1.03. The largest absolute Gasteiger partial charge is 0.427 e. The molecule has 0 aliphatic rings. The van der Waals surface area contributed by atoms with E-state index in [1.807, 2.05) is 30.3 Å². The summed E-state index contributed by atoms with van der Waals surface area (Å²) in [6.45, 7) is 0. The van der Waals surface area contributed by atoms with Gasteiger partial charge in [0.25, 0.3) is 0 Å². The van der Waals surface area contributed by atoms with Crippen molar-refractivity contribution in [3.8, 4) is 5.88 Å². The molecule has 70 valence electrons. The zero-order valence-electron chi connectivity index (χ0n) is 7.31. The third-order valence-corrected chi connectivity index (χ3v) is 2.01. The molecule has 3 nitrogen and oxygen atoms in total. The van der Waals surface area contributed by atoms with Gasteiger partial charge in [0.2, 0.25) is 5.88 Å². The van der Waals surface area contributed by atoms with Gasteiger partial charge in [-0.25, -0.2) is 5.10 Å². The van der Waals surface area contributed by atoms with Crippen LogP contribution in [0.25, 0.3) is 0 Å². The zero-order valence-corrected chi connectivity index (χ0v) is 8.12. The molecule has 0 amide bonds. The predicted molar refractivity (Wildman–Crippen MR) is 57.4 cm³/mol. The maximum Gasteiger partial charge on any atom is 0.216 e. The van der Waals surface area contributed by atoms with Crippen molar-refractivity contribution < 1.29 is 4.74 Å². The smallest absolute Gasteiger partial charge is 0.216 e. The first-order chi connectivity index (χ1) is 6.86. The second-order valence-corrected chi connectivity index (χ2v) is 3.05. The summed E-state index contributed by atoms with van der Waals surface area (Å²) in [5.74, 6) is 0.554. The second kappa shape index (κ2) is 4.02. The van der Waals surface area contributed by atoms with E-state index in [0.717, 1.165) is 5.56 Å². The minimum atomic E-state index is 0.440. The van der Waals surface area contributed by atoms with Gasteiger partial charge < -0.3 is 4.74 Å². The first-order valence-electron chi connectivity index (χ1n) is 4.13. The Hall–Kier alpha value is -1.68. The molecular formula is C10H8N2OS. The lowest BCUT2D eigenvalue weighted by Gasteiger charge is -2.03. The Morgan fingerprint density at radius 3 is 2.64 bits per heavy atom. The van der Waals surface area contributed by atoms with Crippen molar-refractivity contribution in [2.24, 2.45) is 0 Å². The lowest BCUT2D eigenvalue weighted by molar-refractivity contribution is 0.540. The summed E-state index contributed by atoms with van der Waals surface area (Å²) < 4.78 is 5.35. The number of ether oxygens (including phenoxy) is 1. The van der Waals surface area contributed by atoms with Gasteiger partial charge in [-0.2, -0.15) is 5.10 Å². The van der Waals surface area contributed by atoms with Crippen LogP contribution in [0.2, 0.25) is 0 Å². The number of hydrogen-bond acceptors (Lipinski definition) is 3. The minimum absolute atomic E-state index is 0.440.